The first-order chi connectivity index (χ1) is 8.65. The van der Waals surface area contributed by atoms with Crippen molar-refractivity contribution < 1.29 is 4.79 Å². The number of urea groups is 1. The van der Waals surface area contributed by atoms with Crippen LogP contribution in [0.25, 0.3) is 0 Å². The summed E-state index contributed by atoms with van der Waals surface area (Å²) in [4.78, 5) is 13.9. The third-order valence-corrected chi connectivity index (χ3v) is 3.55. The van der Waals surface area contributed by atoms with E-state index < -0.39 is 0 Å². The predicted octanol–water partition coefficient (Wildman–Crippen LogP) is 3.28. The van der Waals surface area contributed by atoms with Gasteiger partial charge in [-0.3, -0.25) is 0 Å². The molecule has 18 heavy (non-hydrogen) atoms. The quantitative estimate of drug-likeness (QED) is 0.875. The molecule has 3 nitrogen and oxygen atoms in total. The summed E-state index contributed by atoms with van der Waals surface area (Å²) in [5.41, 5.74) is 1.07. The molecule has 98 valence electrons. The Kier molecular flexibility index (Phi) is 4.48. The lowest BCUT2D eigenvalue weighted by atomic mass is 10.0. The predicted molar refractivity (Wildman–Crippen MR) is 73.7 cm³/mol. The molecule has 1 unspecified atom stereocenters. The number of carbonyl (C=O) groups excluding carboxylic acids is 1. The number of piperidine rings is 1. The van der Waals surface area contributed by atoms with Crippen LogP contribution >= 0.6 is 11.6 Å². The molecule has 1 aliphatic heterocycles. The number of rotatable bonds is 2. The maximum atomic E-state index is 12.0. The van der Waals surface area contributed by atoms with Crippen molar-refractivity contribution in [3.8, 4) is 0 Å². The van der Waals surface area contributed by atoms with Crippen LogP contribution < -0.4 is 5.32 Å². The number of likely N-dealkylation sites (tertiary alicyclic amines) is 1. The molecule has 1 saturated heterocycles. The Balaban J connectivity index is 1.82. The van der Waals surface area contributed by atoms with E-state index in [4.69, 9.17) is 11.6 Å². The van der Waals surface area contributed by atoms with Gasteiger partial charge < -0.3 is 10.2 Å². The summed E-state index contributed by atoms with van der Waals surface area (Å²) in [5.74, 6) is 0.611. The number of hydrogen-bond donors (Lipinski definition) is 1. The van der Waals surface area contributed by atoms with Crippen LogP contribution in [0.15, 0.2) is 24.3 Å². The van der Waals surface area contributed by atoms with Gasteiger partial charge in [0.15, 0.2) is 0 Å². The molecule has 0 radical (unpaired) electrons. The van der Waals surface area contributed by atoms with Gasteiger partial charge in [-0.15, -0.1) is 0 Å². The molecule has 2 amide bonds. The Morgan fingerprint density at radius 3 is 2.83 bits per heavy atom. The Morgan fingerprint density at radius 2 is 2.17 bits per heavy atom. The molecule has 0 saturated carbocycles. The van der Waals surface area contributed by atoms with Crippen LogP contribution in [0.4, 0.5) is 4.79 Å². The highest BCUT2D eigenvalue weighted by molar-refractivity contribution is 6.30. The van der Waals surface area contributed by atoms with Gasteiger partial charge in [0, 0.05) is 24.7 Å². The zero-order valence-corrected chi connectivity index (χ0v) is 11.4. The molecule has 0 bridgehead atoms. The number of amides is 2. The second kappa shape index (κ2) is 6.10. The lowest BCUT2D eigenvalue weighted by Crippen LogP contribution is -2.44. The second-order valence-electron chi connectivity index (χ2n) is 4.98. The van der Waals surface area contributed by atoms with Crippen LogP contribution in [0.3, 0.4) is 0 Å². The molecule has 1 heterocycles. The average Bonchev–Trinajstić information content (AvgIpc) is 2.38. The van der Waals surface area contributed by atoms with Crippen LogP contribution in [-0.2, 0) is 6.54 Å². The highest BCUT2D eigenvalue weighted by Gasteiger charge is 2.20. The molecule has 1 fully saturated rings. The van der Waals surface area contributed by atoms with E-state index in [0.29, 0.717) is 12.5 Å². The number of benzene rings is 1. The van der Waals surface area contributed by atoms with Gasteiger partial charge >= 0.3 is 6.03 Å². The summed E-state index contributed by atoms with van der Waals surface area (Å²) in [7, 11) is 0. The Labute approximate surface area is 113 Å². The summed E-state index contributed by atoms with van der Waals surface area (Å²) < 4.78 is 0. The maximum absolute atomic E-state index is 12.0. The third kappa shape index (κ3) is 3.64. The largest absolute Gasteiger partial charge is 0.334 e. The van der Waals surface area contributed by atoms with Crippen molar-refractivity contribution in [3.63, 3.8) is 0 Å². The van der Waals surface area contributed by atoms with E-state index in [0.717, 1.165) is 30.1 Å². The van der Waals surface area contributed by atoms with E-state index in [1.165, 1.54) is 6.42 Å². The van der Waals surface area contributed by atoms with Crippen LogP contribution in [0.2, 0.25) is 5.02 Å². The van der Waals surface area contributed by atoms with Gasteiger partial charge in [-0.1, -0.05) is 30.7 Å². The molecule has 1 atom stereocenters. The molecule has 0 spiro atoms. The minimum absolute atomic E-state index is 0.0384. The topological polar surface area (TPSA) is 32.3 Å². The summed E-state index contributed by atoms with van der Waals surface area (Å²) in [5, 5.41) is 3.67. The second-order valence-corrected chi connectivity index (χ2v) is 5.42. The van der Waals surface area contributed by atoms with E-state index in [1.807, 2.05) is 29.2 Å². The number of carbonyl (C=O) groups is 1. The van der Waals surface area contributed by atoms with Crippen molar-refractivity contribution in [1.82, 2.24) is 10.2 Å². The van der Waals surface area contributed by atoms with E-state index in [-0.39, 0.29) is 6.03 Å². The third-order valence-electron chi connectivity index (χ3n) is 3.30. The molecule has 0 aliphatic carbocycles. The fourth-order valence-electron chi connectivity index (χ4n) is 2.27. The molecular weight excluding hydrogens is 248 g/mol. The van der Waals surface area contributed by atoms with E-state index in [1.54, 1.807) is 0 Å². The fourth-order valence-corrected chi connectivity index (χ4v) is 2.39. The number of halogens is 1. The van der Waals surface area contributed by atoms with Gasteiger partial charge in [0.1, 0.15) is 0 Å². The summed E-state index contributed by atoms with van der Waals surface area (Å²) >= 11 is 5.82. The van der Waals surface area contributed by atoms with Gasteiger partial charge in [0.2, 0.25) is 0 Å². The van der Waals surface area contributed by atoms with Crippen LogP contribution in [0.5, 0.6) is 0 Å². The van der Waals surface area contributed by atoms with Gasteiger partial charge in [-0.05, 0) is 36.5 Å². The molecular formula is C14H19ClN2O. The summed E-state index contributed by atoms with van der Waals surface area (Å²) in [6, 6.07) is 7.58. The smallest absolute Gasteiger partial charge is 0.317 e. The first-order valence-electron chi connectivity index (χ1n) is 6.42. The van der Waals surface area contributed by atoms with Gasteiger partial charge in [-0.25, -0.2) is 4.79 Å². The SMILES string of the molecule is CC1CCCN(C(=O)NCc2ccc(Cl)cc2)C1. The van der Waals surface area contributed by atoms with Crippen molar-refractivity contribution in [2.75, 3.05) is 13.1 Å². The molecule has 1 aromatic carbocycles. The van der Waals surface area contributed by atoms with E-state index in [9.17, 15) is 4.79 Å². The Morgan fingerprint density at radius 1 is 1.44 bits per heavy atom. The van der Waals surface area contributed by atoms with Crippen LogP contribution in [-0.4, -0.2) is 24.0 Å². The number of nitrogens with zero attached hydrogens (tertiary/aromatic N) is 1. The molecule has 2 rings (SSSR count). The molecule has 1 aromatic rings. The van der Waals surface area contributed by atoms with Gasteiger partial charge in [0.25, 0.3) is 0 Å². The van der Waals surface area contributed by atoms with Crippen molar-refractivity contribution in [1.29, 1.82) is 0 Å². The van der Waals surface area contributed by atoms with Crippen LogP contribution in [0.1, 0.15) is 25.3 Å². The van der Waals surface area contributed by atoms with Gasteiger partial charge in [0.05, 0.1) is 0 Å². The minimum Gasteiger partial charge on any atom is -0.334 e. The Bertz CT molecular complexity index is 405. The van der Waals surface area contributed by atoms with Crippen molar-refractivity contribution >= 4 is 17.6 Å². The normalized spacial score (nSPS) is 19.7. The average molecular weight is 267 g/mol. The van der Waals surface area contributed by atoms with Crippen molar-refractivity contribution in [2.24, 2.45) is 5.92 Å². The highest BCUT2D eigenvalue weighted by atomic mass is 35.5. The first-order valence-corrected chi connectivity index (χ1v) is 6.80. The molecule has 1 aliphatic rings. The minimum atomic E-state index is 0.0384. The van der Waals surface area contributed by atoms with Crippen LogP contribution in [0, 0.1) is 5.92 Å². The summed E-state index contributed by atoms with van der Waals surface area (Å²) in [6.45, 7) is 4.49. The van der Waals surface area contributed by atoms with Crippen molar-refractivity contribution in [2.45, 2.75) is 26.3 Å². The number of hydrogen-bond acceptors (Lipinski definition) is 1. The maximum Gasteiger partial charge on any atom is 0.317 e. The first kappa shape index (κ1) is 13.2. The zero-order valence-electron chi connectivity index (χ0n) is 10.7. The van der Waals surface area contributed by atoms with Gasteiger partial charge in [-0.2, -0.15) is 0 Å². The fraction of sp³-hybridized carbons (Fsp3) is 0.500. The van der Waals surface area contributed by atoms with E-state index >= 15 is 0 Å². The lowest BCUT2D eigenvalue weighted by molar-refractivity contribution is 0.169. The standard InChI is InChI=1S/C14H19ClN2O/c1-11-3-2-8-17(10-11)14(18)16-9-12-4-6-13(15)7-5-12/h4-7,11H,2-3,8-10H2,1H3,(H,16,18). The monoisotopic (exact) mass is 266 g/mol. The highest BCUT2D eigenvalue weighted by Crippen LogP contribution is 2.15. The Hall–Kier alpha value is -1.22. The van der Waals surface area contributed by atoms with E-state index in [2.05, 4.69) is 12.2 Å². The lowest BCUT2D eigenvalue weighted by Gasteiger charge is -2.30. The van der Waals surface area contributed by atoms with Crippen molar-refractivity contribution in [3.05, 3.63) is 34.9 Å². The molecule has 0 aromatic heterocycles. The number of nitrogens with one attached hydrogen (secondary N) is 1. The molecule has 4 heteroatoms. The zero-order chi connectivity index (χ0) is 13.0. The summed E-state index contributed by atoms with van der Waals surface area (Å²) in [6.07, 6.45) is 2.33. The molecule has 1 N–H and O–H groups in total.